The van der Waals surface area contributed by atoms with Gasteiger partial charge in [0.25, 0.3) is 0 Å². The number of amides is 4. The summed E-state index contributed by atoms with van der Waals surface area (Å²) in [4.78, 5) is 41.8. The molecule has 21 heavy (non-hydrogen) atoms. The van der Waals surface area contributed by atoms with Crippen LogP contribution < -0.4 is 10.2 Å². The Balaban J connectivity index is 1.92. The van der Waals surface area contributed by atoms with Crippen LogP contribution in [0.2, 0.25) is 0 Å². The molecule has 0 bridgehead atoms. The fourth-order valence-electron chi connectivity index (χ4n) is 3.13. The molecule has 110 valence electrons. The number of urea groups is 1. The van der Waals surface area contributed by atoms with Gasteiger partial charge in [0.1, 0.15) is 5.92 Å². The van der Waals surface area contributed by atoms with Gasteiger partial charge >= 0.3 is 6.03 Å². The molecular formula is C15H17N3O3. The van der Waals surface area contributed by atoms with Crippen LogP contribution in [0.15, 0.2) is 18.3 Å². The summed E-state index contributed by atoms with van der Waals surface area (Å²) in [5.74, 6) is -1.62. The number of aryl methyl sites for hydroxylation is 1. The van der Waals surface area contributed by atoms with Gasteiger partial charge in [0.05, 0.1) is 11.9 Å². The Hall–Kier alpha value is -2.24. The van der Waals surface area contributed by atoms with E-state index in [1.54, 1.807) is 12.1 Å². The van der Waals surface area contributed by atoms with Gasteiger partial charge in [-0.2, -0.15) is 0 Å². The molecule has 2 fully saturated rings. The van der Waals surface area contributed by atoms with Crippen LogP contribution in [-0.2, 0) is 9.59 Å². The van der Waals surface area contributed by atoms with Gasteiger partial charge in [0.2, 0.25) is 11.8 Å². The number of rotatable bonds is 2. The monoisotopic (exact) mass is 287 g/mol. The normalized spacial score (nSPS) is 23.6. The number of hydrogen-bond donors (Lipinski definition) is 1. The zero-order valence-electron chi connectivity index (χ0n) is 11.8. The predicted molar refractivity (Wildman–Crippen MR) is 75.4 cm³/mol. The topological polar surface area (TPSA) is 79.4 Å². The number of hydrogen-bond acceptors (Lipinski definition) is 4. The summed E-state index contributed by atoms with van der Waals surface area (Å²) in [6.07, 6.45) is 5.26. The standard InChI is InChI=1S/C15H17N3O3/c1-9-6-7-11(8-16-9)18-14(20)12(10-4-2-3-5-10)13(19)17-15(18)21/h6-8,10,12H,2-5H2,1H3,(H,17,19,21). The van der Waals surface area contributed by atoms with Crippen molar-refractivity contribution in [3.05, 3.63) is 24.0 Å². The Bertz CT molecular complexity index is 591. The first-order valence-electron chi connectivity index (χ1n) is 7.19. The molecule has 1 aromatic rings. The quantitative estimate of drug-likeness (QED) is 0.841. The van der Waals surface area contributed by atoms with Crippen molar-refractivity contribution in [3.63, 3.8) is 0 Å². The lowest BCUT2D eigenvalue weighted by atomic mass is 9.87. The second-order valence-electron chi connectivity index (χ2n) is 5.65. The minimum absolute atomic E-state index is 0.0338. The van der Waals surface area contributed by atoms with Gasteiger partial charge in [-0.3, -0.25) is 19.9 Å². The van der Waals surface area contributed by atoms with E-state index in [0.717, 1.165) is 36.3 Å². The van der Waals surface area contributed by atoms with Gasteiger partial charge < -0.3 is 0 Å². The molecule has 1 aromatic heterocycles. The summed E-state index contributed by atoms with van der Waals surface area (Å²) in [6.45, 7) is 1.83. The third-order valence-corrected chi connectivity index (χ3v) is 4.23. The van der Waals surface area contributed by atoms with Crippen molar-refractivity contribution in [1.29, 1.82) is 0 Å². The van der Waals surface area contributed by atoms with Crippen LogP contribution in [0.4, 0.5) is 10.5 Å². The van der Waals surface area contributed by atoms with Crippen LogP contribution in [0.25, 0.3) is 0 Å². The average molecular weight is 287 g/mol. The molecule has 1 saturated carbocycles. The molecule has 1 saturated heterocycles. The molecule has 4 amide bonds. The highest BCUT2D eigenvalue weighted by Gasteiger charge is 2.45. The van der Waals surface area contributed by atoms with Gasteiger partial charge in [-0.25, -0.2) is 9.69 Å². The molecular weight excluding hydrogens is 270 g/mol. The van der Waals surface area contributed by atoms with Gasteiger partial charge in [0.15, 0.2) is 0 Å². The maximum Gasteiger partial charge on any atom is 0.335 e. The van der Waals surface area contributed by atoms with Crippen molar-refractivity contribution >= 4 is 23.5 Å². The highest BCUT2D eigenvalue weighted by atomic mass is 16.2. The maximum atomic E-state index is 12.6. The van der Waals surface area contributed by atoms with Crippen LogP contribution in [0, 0.1) is 18.8 Å². The SMILES string of the molecule is Cc1ccc(N2C(=O)NC(=O)C(C3CCCC3)C2=O)cn1. The summed E-state index contributed by atoms with van der Waals surface area (Å²) < 4.78 is 0. The van der Waals surface area contributed by atoms with Crippen LogP contribution in [0.5, 0.6) is 0 Å². The first kappa shape index (κ1) is 13.7. The number of carbonyl (C=O) groups excluding carboxylic acids is 3. The Labute approximate surface area is 122 Å². The van der Waals surface area contributed by atoms with E-state index in [-0.39, 0.29) is 5.92 Å². The highest BCUT2D eigenvalue weighted by molar-refractivity contribution is 6.27. The summed E-state index contributed by atoms with van der Waals surface area (Å²) in [6, 6.07) is 2.71. The van der Waals surface area contributed by atoms with Crippen LogP contribution in [0.1, 0.15) is 31.4 Å². The lowest BCUT2D eigenvalue weighted by Gasteiger charge is -2.32. The Morgan fingerprint density at radius 3 is 2.52 bits per heavy atom. The number of carbonyl (C=O) groups is 3. The molecule has 0 spiro atoms. The molecule has 1 unspecified atom stereocenters. The van der Waals surface area contributed by atoms with Crippen molar-refractivity contribution in [2.24, 2.45) is 11.8 Å². The summed E-state index contributed by atoms with van der Waals surface area (Å²) in [7, 11) is 0. The average Bonchev–Trinajstić information content (AvgIpc) is 2.94. The van der Waals surface area contributed by atoms with Crippen molar-refractivity contribution in [2.75, 3.05) is 4.90 Å². The Kier molecular flexibility index (Phi) is 3.45. The smallest absolute Gasteiger partial charge is 0.277 e. The number of anilines is 1. The molecule has 1 N–H and O–H groups in total. The van der Waals surface area contributed by atoms with E-state index >= 15 is 0 Å². The number of aromatic nitrogens is 1. The van der Waals surface area contributed by atoms with E-state index in [2.05, 4.69) is 10.3 Å². The number of pyridine rings is 1. The first-order valence-corrected chi connectivity index (χ1v) is 7.19. The second-order valence-corrected chi connectivity index (χ2v) is 5.65. The maximum absolute atomic E-state index is 12.6. The van der Waals surface area contributed by atoms with E-state index in [0.29, 0.717) is 5.69 Å². The van der Waals surface area contributed by atoms with Gasteiger partial charge in [-0.15, -0.1) is 0 Å². The predicted octanol–water partition coefficient (Wildman–Crippen LogP) is 1.78. The van der Waals surface area contributed by atoms with E-state index < -0.39 is 23.8 Å². The van der Waals surface area contributed by atoms with Crippen molar-refractivity contribution in [3.8, 4) is 0 Å². The Morgan fingerprint density at radius 1 is 1.19 bits per heavy atom. The fourth-order valence-corrected chi connectivity index (χ4v) is 3.13. The van der Waals surface area contributed by atoms with E-state index in [1.807, 2.05) is 6.92 Å². The van der Waals surface area contributed by atoms with E-state index in [4.69, 9.17) is 0 Å². The lowest BCUT2D eigenvalue weighted by Crippen LogP contribution is -2.59. The van der Waals surface area contributed by atoms with Crippen LogP contribution in [-0.4, -0.2) is 22.8 Å². The molecule has 3 rings (SSSR count). The lowest BCUT2D eigenvalue weighted by molar-refractivity contribution is -0.136. The zero-order valence-corrected chi connectivity index (χ0v) is 11.8. The molecule has 1 aliphatic carbocycles. The zero-order chi connectivity index (χ0) is 15.0. The number of nitrogens with zero attached hydrogens (tertiary/aromatic N) is 2. The first-order chi connectivity index (χ1) is 10.1. The van der Waals surface area contributed by atoms with Crippen LogP contribution >= 0.6 is 0 Å². The van der Waals surface area contributed by atoms with Gasteiger partial charge in [0, 0.05) is 5.69 Å². The molecule has 1 atom stereocenters. The van der Waals surface area contributed by atoms with Gasteiger partial charge in [-0.1, -0.05) is 12.8 Å². The van der Waals surface area contributed by atoms with Crippen molar-refractivity contribution in [1.82, 2.24) is 10.3 Å². The largest absolute Gasteiger partial charge is 0.335 e. The summed E-state index contributed by atoms with van der Waals surface area (Å²) in [5.41, 5.74) is 1.20. The van der Waals surface area contributed by atoms with E-state index in [1.165, 1.54) is 6.20 Å². The third kappa shape index (κ3) is 2.41. The molecule has 6 heteroatoms. The molecule has 6 nitrogen and oxygen atoms in total. The molecule has 0 radical (unpaired) electrons. The van der Waals surface area contributed by atoms with E-state index in [9.17, 15) is 14.4 Å². The minimum atomic E-state index is -0.758. The van der Waals surface area contributed by atoms with Crippen molar-refractivity contribution in [2.45, 2.75) is 32.6 Å². The number of nitrogens with one attached hydrogen (secondary N) is 1. The third-order valence-electron chi connectivity index (χ3n) is 4.23. The Morgan fingerprint density at radius 2 is 1.90 bits per heavy atom. The number of imide groups is 2. The fraction of sp³-hybridized carbons (Fsp3) is 0.467. The molecule has 0 aromatic carbocycles. The van der Waals surface area contributed by atoms with Crippen LogP contribution in [0.3, 0.4) is 0 Å². The van der Waals surface area contributed by atoms with Crippen molar-refractivity contribution < 1.29 is 14.4 Å². The number of barbiturate groups is 1. The second kappa shape index (κ2) is 5.27. The molecule has 1 aliphatic heterocycles. The summed E-state index contributed by atoms with van der Waals surface area (Å²) >= 11 is 0. The summed E-state index contributed by atoms with van der Waals surface area (Å²) in [5, 5.41) is 2.30. The van der Waals surface area contributed by atoms with Gasteiger partial charge in [-0.05, 0) is 37.8 Å². The molecule has 2 aliphatic rings. The highest BCUT2D eigenvalue weighted by Crippen LogP contribution is 2.34. The molecule has 2 heterocycles. The minimum Gasteiger partial charge on any atom is -0.277 e.